The fourth-order valence-electron chi connectivity index (χ4n) is 4.43. The van der Waals surface area contributed by atoms with Crippen molar-refractivity contribution in [2.24, 2.45) is 0 Å². The van der Waals surface area contributed by atoms with Gasteiger partial charge in [-0.15, -0.1) is 0 Å². The van der Waals surface area contributed by atoms with Gasteiger partial charge in [0.1, 0.15) is 0 Å². The topological polar surface area (TPSA) is 55.8 Å². The van der Waals surface area contributed by atoms with E-state index in [1.165, 1.54) is 103 Å². The molecule has 0 fully saturated rings. The van der Waals surface area contributed by atoms with E-state index in [1.807, 2.05) is 13.8 Å². The van der Waals surface area contributed by atoms with E-state index in [-0.39, 0.29) is 12.2 Å². The molecule has 2 unspecified atom stereocenters. The summed E-state index contributed by atoms with van der Waals surface area (Å²) in [5.41, 5.74) is 0. The van der Waals surface area contributed by atoms with Crippen molar-refractivity contribution in [1.82, 2.24) is 0 Å². The van der Waals surface area contributed by atoms with Crippen LogP contribution in [0.3, 0.4) is 0 Å². The normalized spacial score (nSPS) is 15.4. The summed E-state index contributed by atoms with van der Waals surface area (Å²) in [7, 11) is -3.99. The van der Waals surface area contributed by atoms with Crippen molar-refractivity contribution in [1.29, 1.82) is 0 Å². The largest absolute Gasteiger partial charge is 0.472 e. The number of hydrogen-bond donors (Lipinski definition) is 1. The molecule has 5 heteroatoms. The molecular weight excluding hydrogens is 431 g/mol. The monoisotopic (exact) mass is 490 g/mol. The molecule has 0 aliphatic rings. The molecule has 0 saturated carbocycles. The summed E-state index contributed by atoms with van der Waals surface area (Å²) in [6.45, 7) is 8.56. The van der Waals surface area contributed by atoms with E-state index >= 15 is 0 Å². The summed E-state index contributed by atoms with van der Waals surface area (Å²) in [5, 5.41) is 0. The third kappa shape index (κ3) is 22.3. The molecule has 0 amide bonds. The minimum absolute atomic E-state index is 0.185. The Morgan fingerprint density at radius 1 is 0.515 bits per heavy atom. The van der Waals surface area contributed by atoms with Gasteiger partial charge in [-0.25, -0.2) is 4.57 Å². The van der Waals surface area contributed by atoms with Gasteiger partial charge < -0.3 is 4.89 Å². The molecule has 4 nitrogen and oxygen atoms in total. The molecule has 0 aliphatic carbocycles. The molecule has 0 radical (unpaired) electrons. The zero-order chi connectivity index (χ0) is 24.6. The molecule has 0 aromatic heterocycles. The van der Waals surface area contributed by atoms with Gasteiger partial charge in [-0.2, -0.15) is 0 Å². The van der Waals surface area contributed by atoms with Gasteiger partial charge in [0.05, 0.1) is 12.2 Å². The van der Waals surface area contributed by atoms with Gasteiger partial charge in [0.25, 0.3) is 0 Å². The SMILES string of the molecule is CCCCCCCCCCCC(CC)OP(=O)(O)OC(CC)CCCCCCCCCCC. The van der Waals surface area contributed by atoms with E-state index in [2.05, 4.69) is 13.8 Å². The van der Waals surface area contributed by atoms with E-state index < -0.39 is 7.82 Å². The highest BCUT2D eigenvalue weighted by Crippen LogP contribution is 2.48. The number of unbranched alkanes of at least 4 members (excludes halogenated alkanes) is 16. The molecule has 0 aromatic carbocycles. The van der Waals surface area contributed by atoms with Gasteiger partial charge >= 0.3 is 7.82 Å². The lowest BCUT2D eigenvalue weighted by atomic mass is 10.0. The number of phosphoric acid groups is 1. The molecular formula is C28H59O4P. The fraction of sp³-hybridized carbons (Fsp3) is 1.00. The van der Waals surface area contributed by atoms with Crippen molar-refractivity contribution >= 4 is 7.82 Å². The van der Waals surface area contributed by atoms with Crippen molar-refractivity contribution in [3.8, 4) is 0 Å². The molecule has 0 bridgehead atoms. The fourth-order valence-corrected chi connectivity index (χ4v) is 5.74. The Morgan fingerprint density at radius 3 is 1.06 bits per heavy atom. The van der Waals surface area contributed by atoms with Crippen molar-refractivity contribution in [2.75, 3.05) is 0 Å². The Bertz CT molecular complexity index is 408. The lowest BCUT2D eigenvalue weighted by Gasteiger charge is -2.23. The maximum Gasteiger partial charge on any atom is 0.472 e. The average molecular weight is 491 g/mol. The van der Waals surface area contributed by atoms with Crippen LogP contribution in [0.2, 0.25) is 0 Å². The molecule has 1 N–H and O–H groups in total. The van der Waals surface area contributed by atoms with Crippen LogP contribution in [0.25, 0.3) is 0 Å². The van der Waals surface area contributed by atoms with Crippen LogP contribution in [0, 0.1) is 0 Å². The third-order valence-corrected chi connectivity index (χ3v) is 7.86. The van der Waals surface area contributed by atoms with E-state index in [4.69, 9.17) is 9.05 Å². The molecule has 0 heterocycles. The first kappa shape index (κ1) is 33.1. The van der Waals surface area contributed by atoms with Crippen LogP contribution in [0.15, 0.2) is 0 Å². The first-order chi connectivity index (χ1) is 16.0. The van der Waals surface area contributed by atoms with Gasteiger partial charge in [-0.3, -0.25) is 9.05 Å². The van der Waals surface area contributed by atoms with E-state index in [0.29, 0.717) is 0 Å². The van der Waals surface area contributed by atoms with Crippen LogP contribution in [-0.4, -0.2) is 17.1 Å². The summed E-state index contributed by atoms with van der Waals surface area (Å²) >= 11 is 0. The second-order valence-electron chi connectivity index (χ2n) is 9.97. The molecule has 2 atom stereocenters. The highest BCUT2D eigenvalue weighted by atomic mass is 31.2. The summed E-state index contributed by atoms with van der Waals surface area (Å²) in [6, 6.07) is 0. The number of phosphoric ester groups is 1. The van der Waals surface area contributed by atoms with Gasteiger partial charge in [0.15, 0.2) is 0 Å². The maximum absolute atomic E-state index is 12.6. The van der Waals surface area contributed by atoms with Crippen LogP contribution in [0.5, 0.6) is 0 Å². The van der Waals surface area contributed by atoms with Gasteiger partial charge in [-0.1, -0.05) is 143 Å². The Hall–Kier alpha value is 0.110. The van der Waals surface area contributed by atoms with Crippen molar-refractivity contribution < 1.29 is 18.5 Å². The first-order valence-electron chi connectivity index (χ1n) is 14.7. The highest BCUT2D eigenvalue weighted by molar-refractivity contribution is 7.47. The standard InChI is InChI=1S/C28H59O4P/c1-5-9-11-13-15-17-19-21-23-25-27(7-3)31-33(29,30)32-28(8-4)26-24-22-20-18-16-14-12-10-6-2/h27-28H,5-26H2,1-4H3,(H,29,30). The quantitative estimate of drug-likeness (QED) is 0.0967. The van der Waals surface area contributed by atoms with Crippen LogP contribution in [0.1, 0.15) is 169 Å². The number of rotatable bonds is 26. The maximum atomic E-state index is 12.6. The smallest absolute Gasteiger partial charge is 0.302 e. The summed E-state index contributed by atoms with van der Waals surface area (Å²) in [4.78, 5) is 10.3. The molecule has 0 saturated heterocycles. The predicted molar refractivity (Wildman–Crippen MR) is 144 cm³/mol. The molecule has 0 aliphatic heterocycles. The highest BCUT2D eigenvalue weighted by Gasteiger charge is 2.29. The van der Waals surface area contributed by atoms with Crippen LogP contribution < -0.4 is 0 Å². The molecule has 0 spiro atoms. The predicted octanol–water partition coefficient (Wildman–Crippen LogP) is 10.5. The minimum Gasteiger partial charge on any atom is -0.302 e. The summed E-state index contributed by atoms with van der Waals surface area (Å²) in [6.07, 6.45) is 25.9. The lowest BCUT2D eigenvalue weighted by Crippen LogP contribution is -2.16. The van der Waals surface area contributed by atoms with Gasteiger partial charge in [0, 0.05) is 0 Å². The summed E-state index contributed by atoms with van der Waals surface area (Å²) in [5.74, 6) is 0. The minimum atomic E-state index is -3.99. The Balaban J connectivity index is 3.95. The van der Waals surface area contributed by atoms with Crippen molar-refractivity contribution in [3.05, 3.63) is 0 Å². The van der Waals surface area contributed by atoms with Crippen LogP contribution >= 0.6 is 7.82 Å². The zero-order valence-corrected chi connectivity index (χ0v) is 23.7. The zero-order valence-electron chi connectivity index (χ0n) is 22.8. The van der Waals surface area contributed by atoms with E-state index in [9.17, 15) is 9.46 Å². The van der Waals surface area contributed by atoms with E-state index in [1.54, 1.807) is 0 Å². The second kappa shape index (κ2) is 23.8. The van der Waals surface area contributed by atoms with Gasteiger partial charge in [-0.05, 0) is 25.7 Å². The van der Waals surface area contributed by atoms with Gasteiger partial charge in [0.2, 0.25) is 0 Å². The molecule has 0 aromatic rings. The Morgan fingerprint density at radius 2 is 0.788 bits per heavy atom. The van der Waals surface area contributed by atoms with Crippen molar-refractivity contribution in [3.63, 3.8) is 0 Å². The Labute approximate surface area is 207 Å². The van der Waals surface area contributed by atoms with E-state index in [0.717, 1.165) is 38.5 Å². The molecule has 200 valence electrons. The Kier molecular flexibility index (Phi) is 23.9. The third-order valence-electron chi connectivity index (χ3n) is 6.73. The molecule has 0 rings (SSSR count). The first-order valence-corrected chi connectivity index (χ1v) is 16.2. The second-order valence-corrected chi connectivity index (χ2v) is 11.3. The summed E-state index contributed by atoms with van der Waals surface area (Å²) < 4.78 is 23.7. The van der Waals surface area contributed by atoms with Crippen LogP contribution in [0.4, 0.5) is 0 Å². The lowest BCUT2D eigenvalue weighted by molar-refractivity contribution is 0.0627. The number of hydrogen-bond acceptors (Lipinski definition) is 3. The molecule has 33 heavy (non-hydrogen) atoms. The van der Waals surface area contributed by atoms with Crippen molar-refractivity contribution in [2.45, 2.75) is 181 Å². The van der Waals surface area contributed by atoms with Crippen LogP contribution in [-0.2, 0) is 13.6 Å². The average Bonchev–Trinajstić information content (AvgIpc) is 2.80.